The van der Waals surface area contributed by atoms with Crippen LogP contribution in [0.25, 0.3) is 22.6 Å². The first kappa shape index (κ1) is 22.1. The lowest BCUT2D eigenvalue weighted by Crippen LogP contribution is -2.43. The van der Waals surface area contributed by atoms with Crippen LogP contribution in [-0.2, 0) is 10.0 Å². The molecule has 32 heavy (non-hydrogen) atoms. The molecule has 0 bridgehead atoms. The molecule has 1 aliphatic carbocycles. The Labute approximate surface area is 180 Å². The number of sulfonamides is 1. The molecule has 1 N–H and O–H groups in total. The number of nitriles is 1. The van der Waals surface area contributed by atoms with Gasteiger partial charge in [-0.2, -0.15) is 23.2 Å². The third-order valence-corrected chi connectivity index (χ3v) is 6.83. The average molecular weight is 468 g/mol. The fourth-order valence-corrected chi connectivity index (χ4v) is 4.56. The molecule has 1 atom stereocenters. The van der Waals surface area contributed by atoms with E-state index in [4.69, 9.17) is 0 Å². The van der Waals surface area contributed by atoms with Crippen LogP contribution in [0, 0.1) is 17.1 Å². The predicted molar refractivity (Wildman–Crippen MR) is 104 cm³/mol. The number of alkyl halides is 3. The lowest BCUT2D eigenvalue weighted by molar-refractivity contribution is -0.147. The zero-order chi connectivity index (χ0) is 23.3. The van der Waals surface area contributed by atoms with Gasteiger partial charge in [0.15, 0.2) is 5.82 Å². The second kappa shape index (κ2) is 7.79. The van der Waals surface area contributed by atoms with Crippen LogP contribution in [-0.4, -0.2) is 40.2 Å². The highest BCUT2D eigenvalue weighted by Gasteiger charge is 2.39. The minimum Gasteiger partial charge on any atom is -0.318 e. The average Bonchev–Trinajstić information content (AvgIpc) is 2.99. The number of nitrogens with zero attached hydrogens (tertiary/aromatic N) is 5. The summed E-state index contributed by atoms with van der Waals surface area (Å²) in [4.78, 5) is 11.6. The maximum Gasteiger partial charge on any atom is 0.404 e. The minimum absolute atomic E-state index is 0.0188. The highest BCUT2D eigenvalue weighted by Crippen LogP contribution is 2.41. The molecule has 0 spiro atoms. The van der Waals surface area contributed by atoms with Crippen molar-refractivity contribution in [2.75, 3.05) is 0 Å². The van der Waals surface area contributed by atoms with Crippen LogP contribution in [0.2, 0.25) is 0 Å². The largest absolute Gasteiger partial charge is 0.404 e. The number of hydrogen-bond donors (Lipinski definition) is 1. The standard InChI is InChI=1S/C19H16F4N6O2S/c1-10(19(21,22)23)28-32(30,31)13-8-25-17(26-9-13)16-15(6-24)14-5-11(20)7-27-18(14)29(16)12-3-2-4-12/h5,7-10,12,28H,2-4H2,1H3/t10-/m0/s1. The molecule has 3 heterocycles. The van der Waals surface area contributed by atoms with Crippen molar-refractivity contribution in [3.05, 3.63) is 36.0 Å². The zero-order valence-corrected chi connectivity index (χ0v) is 17.4. The van der Waals surface area contributed by atoms with Crippen molar-refractivity contribution in [1.82, 2.24) is 24.2 Å². The molecule has 0 unspecified atom stereocenters. The van der Waals surface area contributed by atoms with Crippen LogP contribution < -0.4 is 4.72 Å². The fraction of sp³-hybridized carbons (Fsp3) is 0.368. The lowest BCUT2D eigenvalue weighted by Gasteiger charge is -2.29. The Kier molecular flexibility index (Phi) is 5.38. The van der Waals surface area contributed by atoms with E-state index in [-0.39, 0.29) is 28.5 Å². The smallest absolute Gasteiger partial charge is 0.318 e. The van der Waals surface area contributed by atoms with E-state index >= 15 is 0 Å². The summed E-state index contributed by atoms with van der Waals surface area (Å²) in [7, 11) is -4.54. The summed E-state index contributed by atoms with van der Waals surface area (Å²) < 4.78 is 79.8. The lowest BCUT2D eigenvalue weighted by atomic mass is 9.92. The van der Waals surface area contributed by atoms with Crippen LogP contribution in [0.5, 0.6) is 0 Å². The van der Waals surface area contributed by atoms with Gasteiger partial charge in [-0.05, 0) is 32.3 Å². The number of halogens is 4. The van der Waals surface area contributed by atoms with E-state index in [0.717, 1.165) is 37.9 Å². The van der Waals surface area contributed by atoms with Crippen LogP contribution in [0.1, 0.15) is 37.8 Å². The molecule has 1 saturated carbocycles. The highest BCUT2D eigenvalue weighted by molar-refractivity contribution is 7.89. The van der Waals surface area contributed by atoms with Gasteiger partial charge < -0.3 is 4.57 Å². The molecule has 3 aromatic heterocycles. The second-order valence-corrected chi connectivity index (χ2v) is 9.16. The molecule has 0 aliphatic heterocycles. The Morgan fingerprint density at radius 2 is 1.88 bits per heavy atom. The van der Waals surface area contributed by atoms with Gasteiger partial charge in [-0.1, -0.05) is 0 Å². The Morgan fingerprint density at radius 3 is 2.41 bits per heavy atom. The van der Waals surface area contributed by atoms with Gasteiger partial charge in [0.25, 0.3) is 0 Å². The molecule has 8 nitrogen and oxygen atoms in total. The van der Waals surface area contributed by atoms with Crippen molar-refractivity contribution in [3.8, 4) is 17.6 Å². The van der Waals surface area contributed by atoms with E-state index in [1.54, 1.807) is 4.57 Å². The number of aromatic nitrogens is 4. The summed E-state index contributed by atoms with van der Waals surface area (Å²) in [5.74, 6) is -0.645. The molecule has 0 saturated heterocycles. The summed E-state index contributed by atoms with van der Waals surface area (Å²) in [6.45, 7) is 0.676. The van der Waals surface area contributed by atoms with Crippen molar-refractivity contribution in [1.29, 1.82) is 5.26 Å². The molecule has 13 heteroatoms. The Hall–Kier alpha value is -3.11. The van der Waals surface area contributed by atoms with E-state index in [2.05, 4.69) is 15.0 Å². The normalized spacial score (nSPS) is 16.0. The molecule has 3 aromatic rings. The first-order chi connectivity index (χ1) is 15.0. The van der Waals surface area contributed by atoms with Crippen LogP contribution in [0.3, 0.4) is 0 Å². The van der Waals surface area contributed by atoms with Gasteiger partial charge in [-0.3, -0.25) is 0 Å². The van der Waals surface area contributed by atoms with Gasteiger partial charge in [0, 0.05) is 11.4 Å². The third-order valence-electron chi connectivity index (χ3n) is 5.33. The fourth-order valence-electron chi connectivity index (χ4n) is 3.44. The van der Waals surface area contributed by atoms with E-state index in [9.17, 15) is 31.2 Å². The van der Waals surface area contributed by atoms with Gasteiger partial charge in [0.2, 0.25) is 10.0 Å². The molecule has 168 valence electrons. The van der Waals surface area contributed by atoms with Gasteiger partial charge in [-0.25, -0.2) is 27.8 Å². The summed E-state index contributed by atoms with van der Waals surface area (Å²) in [6.07, 6.45) is 0.554. The Balaban J connectivity index is 1.80. The molecule has 1 aliphatic rings. The predicted octanol–water partition coefficient (Wildman–Crippen LogP) is 3.46. The first-order valence-corrected chi connectivity index (χ1v) is 11.0. The summed E-state index contributed by atoms with van der Waals surface area (Å²) in [5, 5.41) is 10.0. The quantitative estimate of drug-likeness (QED) is 0.574. The summed E-state index contributed by atoms with van der Waals surface area (Å²) in [6, 6.07) is 0.868. The second-order valence-electron chi connectivity index (χ2n) is 7.44. The third kappa shape index (κ3) is 3.80. The van der Waals surface area contributed by atoms with E-state index in [0.29, 0.717) is 12.6 Å². The highest BCUT2D eigenvalue weighted by atomic mass is 32.2. The first-order valence-electron chi connectivity index (χ1n) is 9.54. The number of hydrogen-bond acceptors (Lipinski definition) is 6. The van der Waals surface area contributed by atoms with Crippen LogP contribution in [0.4, 0.5) is 17.6 Å². The van der Waals surface area contributed by atoms with Gasteiger partial charge in [-0.15, -0.1) is 0 Å². The maximum absolute atomic E-state index is 13.8. The van der Waals surface area contributed by atoms with Crippen LogP contribution in [0.15, 0.2) is 29.6 Å². The van der Waals surface area contributed by atoms with E-state index < -0.39 is 33.0 Å². The van der Waals surface area contributed by atoms with E-state index in [1.807, 2.05) is 6.07 Å². The number of nitrogens with one attached hydrogen (secondary N) is 1. The topological polar surface area (TPSA) is 114 Å². The molecule has 0 amide bonds. The van der Waals surface area contributed by atoms with Crippen molar-refractivity contribution in [2.45, 2.75) is 49.3 Å². The monoisotopic (exact) mass is 468 g/mol. The van der Waals surface area contributed by atoms with Crippen molar-refractivity contribution < 1.29 is 26.0 Å². The minimum atomic E-state index is -4.76. The molecular formula is C19H16F4N6O2S. The number of fused-ring (bicyclic) bond motifs is 1. The van der Waals surface area contributed by atoms with E-state index in [1.165, 1.54) is 10.8 Å². The molecular weight excluding hydrogens is 452 g/mol. The SMILES string of the molecule is C[C@H](NS(=O)(=O)c1cnc(-c2c(C#N)c3cc(F)cnc3n2C2CCC2)nc1)C(F)(F)F. The van der Waals surface area contributed by atoms with Crippen molar-refractivity contribution in [2.24, 2.45) is 0 Å². The molecule has 0 aromatic carbocycles. The molecule has 0 radical (unpaired) electrons. The van der Waals surface area contributed by atoms with Crippen molar-refractivity contribution >= 4 is 21.1 Å². The number of pyridine rings is 1. The number of rotatable bonds is 5. The molecule has 4 rings (SSSR count). The summed E-state index contributed by atoms with van der Waals surface area (Å²) in [5.41, 5.74) is 0.716. The van der Waals surface area contributed by atoms with Crippen molar-refractivity contribution in [3.63, 3.8) is 0 Å². The Bertz CT molecular complexity index is 1330. The van der Waals surface area contributed by atoms with Gasteiger partial charge in [0.1, 0.15) is 34.2 Å². The Morgan fingerprint density at radius 1 is 1.22 bits per heavy atom. The zero-order valence-electron chi connectivity index (χ0n) is 16.6. The van der Waals surface area contributed by atoms with Gasteiger partial charge >= 0.3 is 6.18 Å². The van der Waals surface area contributed by atoms with Crippen LogP contribution >= 0.6 is 0 Å². The maximum atomic E-state index is 13.8. The van der Waals surface area contributed by atoms with Gasteiger partial charge in [0.05, 0.1) is 24.2 Å². The summed E-state index contributed by atoms with van der Waals surface area (Å²) >= 11 is 0. The molecule has 1 fully saturated rings.